The molecular weight excluding hydrogens is 375 g/mol. The van der Waals surface area contributed by atoms with Gasteiger partial charge < -0.3 is 25.0 Å². The molecule has 1 aromatic carbocycles. The number of nitrogens with one attached hydrogen (secondary N) is 1. The minimum atomic E-state index is -0.967. The van der Waals surface area contributed by atoms with Crippen LogP contribution in [-0.4, -0.2) is 72.6 Å². The van der Waals surface area contributed by atoms with Gasteiger partial charge in [0.2, 0.25) is 0 Å². The van der Waals surface area contributed by atoms with Crippen molar-refractivity contribution in [1.82, 2.24) is 10.2 Å². The molecule has 0 aromatic heterocycles. The average molecular weight is 396 g/mol. The monoisotopic (exact) mass is 396 g/mol. The fourth-order valence-electron chi connectivity index (χ4n) is 3.16. The minimum absolute atomic E-state index is 0.310. The van der Waals surface area contributed by atoms with E-state index in [1.165, 1.54) is 15.9 Å². The van der Waals surface area contributed by atoms with Gasteiger partial charge in [0.1, 0.15) is 11.9 Å². The van der Waals surface area contributed by atoms with Crippen LogP contribution in [0.2, 0.25) is 0 Å². The van der Waals surface area contributed by atoms with Gasteiger partial charge in [0.05, 0.1) is 29.5 Å². The number of carboxylic acid groups (broad SMARTS) is 1. The fraction of sp³-hybridized carbons (Fsp3) is 0.471. The van der Waals surface area contributed by atoms with Gasteiger partial charge in [0, 0.05) is 26.2 Å². The first kappa shape index (κ1) is 19.2. The zero-order valence-corrected chi connectivity index (χ0v) is 15.7. The Kier molecular flexibility index (Phi) is 5.64. The molecular formula is C17H21FN4O4S. The summed E-state index contributed by atoms with van der Waals surface area (Å²) < 4.78 is 19.9. The van der Waals surface area contributed by atoms with Gasteiger partial charge in [-0.3, -0.25) is 4.90 Å². The van der Waals surface area contributed by atoms with E-state index in [2.05, 4.69) is 5.32 Å². The van der Waals surface area contributed by atoms with Gasteiger partial charge in [0.25, 0.3) is 0 Å². The molecule has 2 heterocycles. The fourth-order valence-corrected chi connectivity index (χ4v) is 3.24. The molecule has 0 unspecified atom stereocenters. The zero-order chi connectivity index (χ0) is 19.6. The number of hydrogen-bond acceptors (Lipinski definition) is 5. The molecule has 1 aromatic rings. The maximum atomic E-state index is 14.6. The molecule has 0 radical (unpaired) electrons. The lowest BCUT2D eigenvalue weighted by molar-refractivity contribution is 0.141. The van der Waals surface area contributed by atoms with Crippen LogP contribution in [0.15, 0.2) is 18.2 Å². The van der Waals surface area contributed by atoms with E-state index >= 15 is 0 Å². The lowest BCUT2D eigenvalue weighted by Crippen LogP contribution is -2.48. The SMILES string of the molecule is CC(=S)NC[C@H]1CN(c2ccc(N3CCN(C(=O)O)CC3)c(F)c2)C(=O)O1. The molecule has 0 saturated carbocycles. The number of benzene rings is 1. The van der Waals surface area contributed by atoms with Crippen molar-refractivity contribution in [2.24, 2.45) is 0 Å². The summed E-state index contributed by atoms with van der Waals surface area (Å²) in [5.74, 6) is -0.458. The van der Waals surface area contributed by atoms with Crippen molar-refractivity contribution in [3.63, 3.8) is 0 Å². The van der Waals surface area contributed by atoms with Crippen LogP contribution in [0.3, 0.4) is 0 Å². The van der Waals surface area contributed by atoms with Crippen LogP contribution in [0.5, 0.6) is 0 Å². The molecule has 2 aliphatic heterocycles. The molecule has 2 amide bonds. The lowest BCUT2D eigenvalue weighted by Gasteiger charge is -2.34. The van der Waals surface area contributed by atoms with Gasteiger partial charge >= 0.3 is 12.2 Å². The Bertz CT molecular complexity index is 754. The summed E-state index contributed by atoms with van der Waals surface area (Å²) >= 11 is 4.94. The second-order valence-corrected chi connectivity index (χ2v) is 7.06. The van der Waals surface area contributed by atoms with Gasteiger partial charge in [-0.2, -0.15) is 0 Å². The highest BCUT2D eigenvalue weighted by Crippen LogP contribution is 2.28. The molecule has 2 N–H and O–H groups in total. The lowest BCUT2D eigenvalue weighted by atomic mass is 10.2. The number of thiocarbonyl (C=S) groups is 1. The first-order valence-corrected chi connectivity index (χ1v) is 9.01. The quantitative estimate of drug-likeness (QED) is 0.752. The number of piperazine rings is 1. The molecule has 0 aliphatic carbocycles. The maximum Gasteiger partial charge on any atom is 0.414 e. The number of rotatable bonds is 4. The summed E-state index contributed by atoms with van der Waals surface area (Å²) in [5.41, 5.74) is 0.817. The third kappa shape index (κ3) is 4.38. The Labute approximate surface area is 161 Å². The molecule has 2 aliphatic rings. The standard InChI is InChI=1S/C17H21FN4O4S/c1-11(27)19-9-13-10-22(17(25)26-13)12-2-3-15(14(18)8-12)20-4-6-21(7-5-20)16(23)24/h2-3,8,13H,4-7,9-10H2,1H3,(H,19,27)(H,23,24)/t13-/m0/s1. The van der Waals surface area contributed by atoms with Gasteiger partial charge in [-0.15, -0.1) is 0 Å². The number of nitrogens with zero attached hydrogens (tertiary/aromatic N) is 3. The average Bonchev–Trinajstić information content (AvgIpc) is 3.01. The van der Waals surface area contributed by atoms with Crippen LogP contribution in [0.4, 0.5) is 25.4 Å². The molecule has 0 spiro atoms. The molecule has 0 bridgehead atoms. The number of carbonyl (C=O) groups is 2. The number of cyclic esters (lactones) is 1. The van der Waals surface area contributed by atoms with E-state index in [0.29, 0.717) is 55.6 Å². The van der Waals surface area contributed by atoms with Crippen molar-refractivity contribution in [3.8, 4) is 0 Å². The van der Waals surface area contributed by atoms with Crippen molar-refractivity contribution in [2.75, 3.05) is 49.1 Å². The van der Waals surface area contributed by atoms with Gasteiger partial charge in [0.15, 0.2) is 0 Å². The first-order chi connectivity index (χ1) is 12.8. The summed E-state index contributed by atoms with van der Waals surface area (Å²) in [6.45, 7) is 3.94. The number of amides is 2. The molecule has 3 rings (SSSR count). The van der Waals surface area contributed by atoms with Gasteiger partial charge in [-0.25, -0.2) is 14.0 Å². The molecule has 2 fully saturated rings. The number of halogens is 1. The van der Waals surface area contributed by atoms with Crippen LogP contribution in [0, 0.1) is 5.82 Å². The van der Waals surface area contributed by atoms with E-state index in [-0.39, 0.29) is 6.10 Å². The van der Waals surface area contributed by atoms with E-state index in [0.717, 1.165) is 0 Å². The summed E-state index contributed by atoms with van der Waals surface area (Å²) in [6.07, 6.45) is -1.85. The molecule has 2 saturated heterocycles. The number of ether oxygens (including phenoxy) is 1. The number of carbonyl (C=O) groups excluding carboxylic acids is 1. The largest absolute Gasteiger partial charge is 0.465 e. The Morgan fingerprint density at radius 3 is 2.67 bits per heavy atom. The molecule has 10 heteroatoms. The van der Waals surface area contributed by atoms with Crippen molar-refractivity contribution in [2.45, 2.75) is 13.0 Å². The Balaban J connectivity index is 1.66. The number of hydrogen-bond donors (Lipinski definition) is 2. The highest BCUT2D eigenvalue weighted by Gasteiger charge is 2.33. The Morgan fingerprint density at radius 1 is 1.37 bits per heavy atom. The predicted octanol–water partition coefficient (Wildman–Crippen LogP) is 1.89. The highest BCUT2D eigenvalue weighted by molar-refractivity contribution is 7.80. The van der Waals surface area contributed by atoms with E-state index in [1.54, 1.807) is 24.0 Å². The predicted molar refractivity (Wildman–Crippen MR) is 102 cm³/mol. The van der Waals surface area contributed by atoms with E-state index in [1.807, 2.05) is 0 Å². The third-order valence-corrected chi connectivity index (χ3v) is 4.73. The maximum absolute atomic E-state index is 14.6. The molecule has 8 nitrogen and oxygen atoms in total. The number of anilines is 2. The smallest absolute Gasteiger partial charge is 0.414 e. The Morgan fingerprint density at radius 2 is 2.07 bits per heavy atom. The van der Waals surface area contributed by atoms with E-state index in [4.69, 9.17) is 22.1 Å². The minimum Gasteiger partial charge on any atom is -0.465 e. The van der Waals surface area contributed by atoms with Crippen LogP contribution < -0.4 is 15.1 Å². The molecule has 146 valence electrons. The van der Waals surface area contributed by atoms with Crippen molar-refractivity contribution in [3.05, 3.63) is 24.0 Å². The third-order valence-electron chi connectivity index (χ3n) is 4.59. The van der Waals surface area contributed by atoms with Crippen molar-refractivity contribution in [1.29, 1.82) is 0 Å². The van der Waals surface area contributed by atoms with Crippen molar-refractivity contribution < 1.29 is 23.8 Å². The van der Waals surface area contributed by atoms with E-state index in [9.17, 15) is 14.0 Å². The second-order valence-electron chi connectivity index (χ2n) is 6.45. The van der Waals surface area contributed by atoms with Crippen LogP contribution in [-0.2, 0) is 4.74 Å². The summed E-state index contributed by atoms with van der Waals surface area (Å²) in [5, 5.41) is 12.0. The Hall–Kier alpha value is -2.62. The van der Waals surface area contributed by atoms with Crippen molar-refractivity contribution >= 4 is 40.8 Å². The van der Waals surface area contributed by atoms with E-state index < -0.39 is 18.0 Å². The molecule has 1 atom stereocenters. The van der Waals surface area contributed by atoms with Crippen LogP contribution in [0.25, 0.3) is 0 Å². The highest BCUT2D eigenvalue weighted by atomic mass is 32.1. The summed E-state index contributed by atoms with van der Waals surface area (Å²) in [4.78, 5) is 28.2. The van der Waals surface area contributed by atoms with Gasteiger partial charge in [-0.1, -0.05) is 12.2 Å². The second kappa shape index (κ2) is 7.95. The normalized spacial score (nSPS) is 19.9. The first-order valence-electron chi connectivity index (χ1n) is 8.60. The zero-order valence-electron chi connectivity index (χ0n) is 14.9. The molecule has 27 heavy (non-hydrogen) atoms. The summed E-state index contributed by atoms with van der Waals surface area (Å²) in [7, 11) is 0. The van der Waals surface area contributed by atoms with Crippen LogP contribution in [0.1, 0.15) is 6.92 Å². The summed E-state index contributed by atoms with van der Waals surface area (Å²) in [6, 6.07) is 4.59. The van der Waals surface area contributed by atoms with Crippen LogP contribution >= 0.6 is 12.2 Å². The topological polar surface area (TPSA) is 85.4 Å². The van der Waals surface area contributed by atoms with Gasteiger partial charge in [-0.05, 0) is 25.1 Å².